The van der Waals surface area contributed by atoms with Crippen LogP contribution in [0.15, 0.2) is 36.4 Å². The standard InChI is InChI=1S/C25H28ClFN2O5/c1-5-16(25(32)34-6-2)14-7-9-15(10-8-14)18(13-30)28-24(31)20-11-17-19(29(20)3)12-21(33-4)23(27)22(17)26/h7-12,16,18,30H,5-6,13H2,1-4H3,(H,28,31)/t16?,18-/m1/s1. The van der Waals surface area contributed by atoms with E-state index in [1.165, 1.54) is 19.2 Å². The monoisotopic (exact) mass is 490 g/mol. The number of methoxy groups -OCH3 is 1. The number of aliphatic hydroxyl groups excluding tert-OH is 1. The van der Waals surface area contributed by atoms with Crippen molar-refractivity contribution in [1.82, 2.24) is 9.88 Å². The molecule has 1 amide bonds. The average molecular weight is 491 g/mol. The lowest BCUT2D eigenvalue weighted by molar-refractivity contribution is -0.145. The summed E-state index contributed by atoms with van der Waals surface area (Å²) in [5.74, 6) is -1.85. The van der Waals surface area contributed by atoms with Crippen molar-refractivity contribution in [3.05, 3.63) is 64.1 Å². The number of benzene rings is 2. The quantitative estimate of drug-likeness (QED) is 0.431. The van der Waals surface area contributed by atoms with Crippen molar-refractivity contribution in [3.63, 3.8) is 0 Å². The first kappa shape index (κ1) is 25.5. The van der Waals surface area contributed by atoms with Gasteiger partial charge in [-0.3, -0.25) is 9.59 Å². The molecule has 2 atom stereocenters. The number of carbonyl (C=O) groups is 2. The SMILES string of the molecule is CCOC(=O)C(CC)c1ccc([C@@H](CO)NC(=O)c2cc3c(Cl)c(F)c(OC)cc3n2C)cc1. The number of hydrogen-bond acceptors (Lipinski definition) is 5. The van der Waals surface area contributed by atoms with Crippen LogP contribution < -0.4 is 10.1 Å². The van der Waals surface area contributed by atoms with Crippen LogP contribution in [0.5, 0.6) is 5.75 Å². The summed E-state index contributed by atoms with van der Waals surface area (Å²) in [6, 6.07) is 9.39. The number of aliphatic hydroxyl groups is 1. The maximum absolute atomic E-state index is 14.3. The van der Waals surface area contributed by atoms with Crippen LogP contribution in [0, 0.1) is 5.82 Å². The van der Waals surface area contributed by atoms with E-state index in [4.69, 9.17) is 21.1 Å². The summed E-state index contributed by atoms with van der Waals surface area (Å²) >= 11 is 6.15. The highest BCUT2D eigenvalue weighted by Crippen LogP contribution is 2.35. The number of aromatic nitrogens is 1. The fraction of sp³-hybridized carbons (Fsp3) is 0.360. The van der Waals surface area contributed by atoms with Gasteiger partial charge in [0.25, 0.3) is 5.91 Å². The van der Waals surface area contributed by atoms with E-state index in [2.05, 4.69) is 5.32 Å². The Kier molecular flexibility index (Phi) is 8.17. The number of ether oxygens (including phenoxy) is 2. The summed E-state index contributed by atoms with van der Waals surface area (Å²) in [4.78, 5) is 25.2. The molecule has 2 aromatic carbocycles. The maximum atomic E-state index is 14.3. The van der Waals surface area contributed by atoms with E-state index in [9.17, 15) is 19.1 Å². The number of amides is 1. The fourth-order valence-corrected chi connectivity index (χ4v) is 4.20. The first-order valence-electron chi connectivity index (χ1n) is 11.0. The molecule has 0 saturated heterocycles. The third kappa shape index (κ3) is 4.88. The summed E-state index contributed by atoms with van der Waals surface area (Å²) < 4.78 is 26.1. The molecule has 1 unspecified atom stereocenters. The first-order valence-corrected chi connectivity index (χ1v) is 11.3. The maximum Gasteiger partial charge on any atom is 0.313 e. The molecule has 0 radical (unpaired) electrons. The second-order valence-corrected chi connectivity index (χ2v) is 8.19. The predicted molar refractivity (Wildman–Crippen MR) is 128 cm³/mol. The lowest BCUT2D eigenvalue weighted by atomic mass is 9.94. The minimum absolute atomic E-state index is 0.0211. The molecule has 0 aliphatic heterocycles. The lowest BCUT2D eigenvalue weighted by Gasteiger charge is -2.19. The van der Waals surface area contributed by atoms with Gasteiger partial charge in [-0.1, -0.05) is 42.8 Å². The average Bonchev–Trinajstić information content (AvgIpc) is 3.17. The second kappa shape index (κ2) is 10.9. The molecule has 0 aliphatic carbocycles. The number of rotatable bonds is 9. The smallest absolute Gasteiger partial charge is 0.313 e. The number of nitrogens with one attached hydrogen (secondary N) is 1. The van der Waals surface area contributed by atoms with Gasteiger partial charge in [-0.15, -0.1) is 0 Å². The molecule has 0 aliphatic rings. The van der Waals surface area contributed by atoms with Gasteiger partial charge in [0.1, 0.15) is 5.69 Å². The molecule has 3 rings (SSSR count). The minimum Gasteiger partial charge on any atom is -0.494 e. The Bertz CT molecular complexity index is 1190. The number of nitrogens with zero attached hydrogens (tertiary/aromatic N) is 1. The van der Waals surface area contributed by atoms with E-state index >= 15 is 0 Å². The van der Waals surface area contributed by atoms with Crippen LogP contribution in [0.3, 0.4) is 0 Å². The molecule has 7 nitrogen and oxygen atoms in total. The Morgan fingerprint density at radius 3 is 2.38 bits per heavy atom. The number of halogens is 2. The van der Waals surface area contributed by atoms with Gasteiger partial charge in [0.2, 0.25) is 0 Å². The molecule has 1 heterocycles. The van der Waals surface area contributed by atoms with Crippen LogP contribution in [0.1, 0.15) is 53.8 Å². The molecule has 1 aromatic heterocycles. The molecule has 0 spiro atoms. The minimum atomic E-state index is -0.698. The van der Waals surface area contributed by atoms with Crippen molar-refractivity contribution >= 4 is 34.4 Å². The topological polar surface area (TPSA) is 89.8 Å². The van der Waals surface area contributed by atoms with E-state index in [1.807, 2.05) is 6.92 Å². The van der Waals surface area contributed by atoms with Crippen LogP contribution in [0.25, 0.3) is 10.9 Å². The summed E-state index contributed by atoms with van der Waals surface area (Å²) in [6.45, 7) is 3.64. The molecular formula is C25H28ClFN2O5. The Morgan fingerprint density at radius 2 is 1.82 bits per heavy atom. The van der Waals surface area contributed by atoms with Crippen LogP contribution in [0.4, 0.5) is 4.39 Å². The van der Waals surface area contributed by atoms with Crippen molar-refractivity contribution in [1.29, 1.82) is 0 Å². The van der Waals surface area contributed by atoms with Crippen LogP contribution >= 0.6 is 11.6 Å². The van der Waals surface area contributed by atoms with E-state index in [0.717, 1.165) is 5.56 Å². The summed E-state index contributed by atoms with van der Waals surface area (Å²) in [5, 5.41) is 13.0. The first-order chi connectivity index (χ1) is 16.3. The van der Waals surface area contributed by atoms with Crippen LogP contribution in [0.2, 0.25) is 5.02 Å². The normalized spacial score (nSPS) is 12.9. The van der Waals surface area contributed by atoms with Gasteiger partial charge in [-0.2, -0.15) is 0 Å². The van der Waals surface area contributed by atoms with Gasteiger partial charge in [0.05, 0.1) is 42.8 Å². The van der Waals surface area contributed by atoms with Gasteiger partial charge < -0.3 is 24.5 Å². The third-order valence-corrected chi connectivity index (χ3v) is 6.22. The zero-order valence-electron chi connectivity index (χ0n) is 19.5. The van der Waals surface area contributed by atoms with Crippen molar-refractivity contribution in [3.8, 4) is 5.75 Å². The third-order valence-electron chi connectivity index (χ3n) is 5.85. The van der Waals surface area contributed by atoms with Crippen LogP contribution in [-0.4, -0.2) is 41.9 Å². The van der Waals surface area contributed by atoms with Gasteiger partial charge in [-0.25, -0.2) is 4.39 Å². The van der Waals surface area contributed by atoms with Crippen molar-refractivity contribution < 1.29 is 28.6 Å². The zero-order valence-corrected chi connectivity index (χ0v) is 20.3. The fourth-order valence-electron chi connectivity index (χ4n) is 3.96. The zero-order chi connectivity index (χ0) is 25.0. The highest BCUT2D eigenvalue weighted by atomic mass is 35.5. The number of aryl methyl sites for hydroxylation is 1. The Balaban J connectivity index is 1.85. The highest BCUT2D eigenvalue weighted by molar-refractivity contribution is 6.36. The molecule has 34 heavy (non-hydrogen) atoms. The van der Waals surface area contributed by atoms with Crippen molar-refractivity contribution in [2.45, 2.75) is 32.2 Å². The molecule has 0 fully saturated rings. The number of fused-ring (bicyclic) bond motifs is 1. The predicted octanol–water partition coefficient (Wildman–Crippen LogP) is 4.50. The molecule has 0 bridgehead atoms. The lowest BCUT2D eigenvalue weighted by Crippen LogP contribution is -2.32. The van der Waals surface area contributed by atoms with Crippen molar-refractivity contribution in [2.75, 3.05) is 20.3 Å². The highest BCUT2D eigenvalue weighted by Gasteiger charge is 2.23. The molecule has 182 valence electrons. The van der Waals surface area contributed by atoms with Gasteiger partial charge in [-0.05, 0) is 30.5 Å². The van der Waals surface area contributed by atoms with E-state index in [-0.39, 0.29) is 35.0 Å². The Labute approximate surface area is 202 Å². The largest absolute Gasteiger partial charge is 0.494 e. The molecule has 3 aromatic rings. The van der Waals surface area contributed by atoms with Crippen molar-refractivity contribution in [2.24, 2.45) is 7.05 Å². The summed E-state index contributed by atoms with van der Waals surface area (Å²) in [5.41, 5.74) is 2.24. The van der Waals surface area contributed by atoms with E-state index < -0.39 is 17.8 Å². The molecule has 2 N–H and O–H groups in total. The van der Waals surface area contributed by atoms with Gasteiger partial charge in [0.15, 0.2) is 11.6 Å². The van der Waals surface area contributed by atoms with Crippen LogP contribution in [-0.2, 0) is 16.6 Å². The molecular weight excluding hydrogens is 463 g/mol. The number of carbonyl (C=O) groups excluding carboxylic acids is 2. The van der Waals surface area contributed by atoms with E-state index in [1.54, 1.807) is 42.8 Å². The molecule has 9 heteroatoms. The second-order valence-electron chi connectivity index (χ2n) is 7.82. The van der Waals surface area contributed by atoms with Gasteiger partial charge >= 0.3 is 5.97 Å². The molecule has 0 saturated carbocycles. The summed E-state index contributed by atoms with van der Waals surface area (Å²) in [7, 11) is 3.00. The Hall–Kier alpha value is -3.10. The Morgan fingerprint density at radius 1 is 1.18 bits per heavy atom. The summed E-state index contributed by atoms with van der Waals surface area (Å²) in [6.07, 6.45) is 0.591. The number of hydrogen-bond donors (Lipinski definition) is 2. The number of esters is 1. The van der Waals surface area contributed by atoms with Gasteiger partial charge in [0, 0.05) is 18.5 Å². The van der Waals surface area contributed by atoms with E-state index in [0.29, 0.717) is 29.5 Å².